The van der Waals surface area contributed by atoms with Gasteiger partial charge >= 0.3 is 5.97 Å². The van der Waals surface area contributed by atoms with Crippen LogP contribution < -0.4 is 10.1 Å². The lowest BCUT2D eigenvalue weighted by Crippen LogP contribution is -2.40. The van der Waals surface area contributed by atoms with Gasteiger partial charge in [-0.1, -0.05) is 41.9 Å². The molecule has 0 saturated heterocycles. The standard InChI is InChI=1S/C20H22BrNO3/c1-12(23)25-19-16-11-15(24-4)8-9-17(16)22-18(20(19,2)3)13-6-5-7-14(21)10-13/h5-11,18-19,22H,1-4H3/t18-,19-/m1/s1. The topological polar surface area (TPSA) is 47.6 Å². The number of hydrogen-bond acceptors (Lipinski definition) is 4. The molecule has 2 atom stereocenters. The van der Waals surface area contributed by atoms with Crippen LogP contribution in [0.25, 0.3) is 0 Å². The first kappa shape index (κ1) is 17.8. The second-order valence-electron chi connectivity index (χ2n) is 6.90. The highest BCUT2D eigenvalue weighted by Gasteiger charge is 2.46. The van der Waals surface area contributed by atoms with Crippen LogP contribution in [-0.4, -0.2) is 13.1 Å². The number of esters is 1. The minimum absolute atomic E-state index is 0.00440. The summed E-state index contributed by atoms with van der Waals surface area (Å²) in [6.07, 6.45) is -0.375. The van der Waals surface area contributed by atoms with Gasteiger partial charge in [-0.25, -0.2) is 0 Å². The van der Waals surface area contributed by atoms with Crippen LogP contribution in [0, 0.1) is 5.41 Å². The van der Waals surface area contributed by atoms with E-state index in [1.54, 1.807) is 7.11 Å². The number of fused-ring (bicyclic) bond motifs is 1. The summed E-state index contributed by atoms with van der Waals surface area (Å²) in [5.74, 6) is 0.455. The molecule has 0 saturated carbocycles. The van der Waals surface area contributed by atoms with Gasteiger partial charge in [0.05, 0.1) is 13.2 Å². The fourth-order valence-corrected chi connectivity index (χ4v) is 3.91. The number of benzene rings is 2. The van der Waals surface area contributed by atoms with Crippen LogP contribution in [0.5, 0.6) is 5.75 Å². The van der Waals surface area contributed by atoms with Crippen molar-refractivity contribution in [1.29, 1.82) is 0 Å². The number of nitrogens with one attached hydrogen (secondary N) is 1. The molecule has 1 heterocycles. The van der Waals surface area contributed by atoms with Gasteiger partial charge in [0, 0.05) is 28.1 Å². The Morgan fingerprint density at radius 1 is 1.20 bits per heavy atom. The highest BCUT2D eigenvalue weighted by atomic mass is 79.9. The minimum atomic E-state index is -0.375. The molecule has 5 heteroatoms. The van der Waals surface area contributed by atoms with E-state index in [1.165, 1.54) is 6.92 Å². The maximum Gasteiger partial charge on any atom is 0.303 e. The zero-order valence-electron chi connectivity index (χ0n) is 14.8. The van der Waals surface area contributed by atoms with E-state index in [4.69, 9.17) is 9.47 Å². The predicted molar refractivity (Wildman–Crippen MR) is 102 cm³/mol. The van der Waals surface area contributed by atoms with Gasteiger partial charge in [0.15, 0.2) is 0 Å². The number of ether oxygens (including phenoxy) is 2. The summed E-state index contributed by atoms with van der Waals surface area (Å²) >= 11 is 3.54. The van der Waals surface area contributed by atoms with E-state index in [-0.39, 0.29) is 23.5 Å². The van der Waals surface area contributed by atoms with Crippen molar-refractivity contribution in [1.82, 2.24) is 0 Å². The molecule has 0 bridgehead atoms. The SMILES string of the molecule is COc1ccc2c(c1)[C@@H](OC(C)=O)C(C)(C)[C@@H](c1cccc(Br)c1)N2. The Bertz CT molecular complexity index is 803. The molecule has 3 rings (SSSR count). The lowest BCUT2D eigenvalue weighted by molar-refractivity contribution is -0.154. The van der Waals surface area contributed by atoms with Gasteiger partial charge in [0.2, 0.25) is 0 Å². The molecule has 0 radical (unpaired) electrons. The largest absolute Gasteiger partial charge is 0.497 e. The molecule has 132 valence electrons. The number of carbonyl (C=O) groups is 1. The minimum Gasteiger partial charge on any atom is -0.497 e. The molecule has 1 aliphatic heterocycles. The molecular formula is C20H22BrNO3. The third kappa shape index (κ3) is 3.38. The highest BCUT2D eigenvalue weighted by molar-refractivity contribution is 9.10. The van der Waals surface area contributed by atoms with Crippen LogP contribution in [0.4, 0.5) is 5.69 Å². The van der Waals surface area contributed by atoms with Gasteiger partial charge in [-0.2, -0.15) is 0 Å². The van der Waals surface area contributed by atoms with E-state index in [0.29, 0.717) is 0 Å². The summed E-state index contributed by atoms with van der Waals surface area (Å²) in [5.41, 5.74) is 2.67. The maximum absolute atomic E-state index is 11.8. The van der Waals surface area contributed by atoms with Crippen molar-refractivity contribution in [2.75, 3.05) is 12.4 Å². The fourth-order valence-electron chi connectivity index (χ4n) is 3.49. The van der Waals surface area contributed by atoms with Gasteiger partial charge in [0.25, 0.3) is 0 Å². The number of hydrogen-bond donors (Lipinski definition) is 1. The van der Waals surface area contributed by atoms with Crippen LogP contribution in [0.15, 0.2) is 46.9 Å². The molecule has 0 spiro atoms. The molecule has 2 aromatic carbocycles. The maximum atomic E-state index is 11.8. The molecule has 25 heavy (non-hydrogen) atoms. The third-order valence-electron chi connectivity index (χ3n) is 4.73. The normalized spacial score (nSPS) is 21.0. The molecule has 4 nitrogen and oxygen atoms in total. The van der Waals surface area contributed by atoms with Gasteiger partial charge < -0.3 is 14.8 Å². The van der Waals surface area contributed by atoms with Crippen molar-refractivity contribution in [3.8, 4) is 5.75 Å². The zero-order valence-corrected chi connectivity index (χ0v) is 16.4. The van der Waals surface area contributed by atoms with E-state index in [0.717, 1.165) is 27.0 Å². The second-order valence-corrected chi connectivity index (χ2v) is 7.81. The Kier molecular flexibility index (Phi) is 4.78. The average molecular weight is 404 g/mol. The van der Waals surface area contributed by atoms with Gasteiger partial charge in [-0.15, -0.1) is 0 Å². The number of carbonyl (C=O) groups excluding carboxylic acids is 1. The summed E-state index contributed by atoms with van der Waals surface area (Å²) in [6, 6.07) is 14.0. The number of rotatable bonds is 3. The van der Waals surface area contributed by atoms with Crippen molar-refractivity contribution in [3.05, 3.63) is 58.1 Å². The Labute approximate surface area is 156 Å². The van der Waals surface area contributed by atoms with Crippen LogP contribution in [0.3, 0.4) is 0 Å². The Morgan fingerprint density at radius 2 is 1.96 bits per heavy atom. The van der Waals surface area contributed by atoms with Gasteiger partial charge in [-0.05, 0) is 35.9 Å². The Hall–Kier alpha value is -2.01. The van der Waals surface area contributed by atoms with E-state index in [1.807, 2.05) is 30.3 Å². The summed E-state index contributed by atoms with van der Waals surface area (Å²) in [4.78, 5) is 11.8. The first-order valence-corrected chi connectivity index (χ1v) is 8.99. The van der Waals surface area contributed by atoms with Crippen LogP contribution in [-0.2, 0) is 9.53 Å². The van der Waals surface area contributed by atoms with E-state index in [2.05, 4.69) is 47.2 Å². The van der Waals surface area contributed by atoms with E-state index >= 15 is 0 Å². The molecule has 2 aromatic rings. The molecule has 0 amide bonds. The van der Waals surface area contributed by atoms with E-state index < -0.39 is 0 Å². The molecule has 0 unspecified atom stereocenters. The van der Waals surface area contributed by atoms with Crippen molar-refractivity contribution >= 4 is 27.6 Å². The summed E-state index contributed by atoms with van der Waals surface area (Å²) < 4.78 is 12.1. The average Bonchev–Trinajstić information content (AvgIpc) is 2.56. The summed E-state index contributed by atoms with van der Waals surface area (Å²) in [7, 11) is 1.63. The van der Waals surface area contributed by atoms with Crippen molar-refractivity contribution < 1.29 is 14.3 Å². The van der Waals surface area contributed by atoms with Crippen molar-refractivity contribution in [2.45, 2.75) is 32.9 Å². The van der Waals surface area contributed by atoms with Crippen LogP contribution in [0.1, 0.15) is 44.0 Å². The molecular weight excluding hydrogens is 382 g/mol. The number of halogens is 1. The first-order chi connectivity index (χ1) is 11.8. The number of anilines is 1. The number of methoxy groups -OCH3 is 1. The molecule has 0 aromatic heterocycles. The summed E-state index contributed by atoms with van der Waals surface area (Å²) in [6.45, 7) is 5.68. The quantitative estimate of drug-likeness (QED) is 0.710. The van der Waals surface area contributed by atoms with Crippen molar-refractivity contribution in [2.24, 2.45) is 5.41 Å². The molecule has 0 fully saturated rings. The molecule has 1 aliphatic rings. The van der Waals surface area contributed by atoms with Crippen LogP contribution in [0.2, 0.25) is 0 Å². The van der Waals surface area contributed by atoms with Gasteiger partial charge in [0.1, 0.15) is 11.9 Å². The first-order valence-electron chi connectivity index (χ1n) is 8.20. The lowest BCUT2D eigenvalue weighted by atomic mass is 9.70. The smallest absolute Gasteiger partial charge is 0.303 e. The second kappa shape index (κ2) is 6.71. The van der Waals surface area contributed by atoms with Crippen molar-refractivity contribution in [3.63, 3.8) is 0 Å². The monoisotopic (exact) mass is 403 g/mol. The fraction of sp³-hybridized carbons (Fsp3) is 0.350. The lowest BCUT2D eigenvalue weighted by Gasteiger charge is -2.46. The zero-order chi connectivity index (χ0) is 18.2. The third-order valence-corrected chi connectivity index (χ3v) is 5.22. The summed E-state index contributed by atoms with van der Waals surface area (Å²) in [5, 5.41) is 3.62. The Morgan fingerprint density at radius 3 is 2.60 bits per heavy atom. The molecule has 0 aliphatic carbocycles. The predicted octanol–water partition coefficient (Wildman–Crippen LogP) is 5.25. The van der Waals surface area contributed by atoms with E-state index in [9.17, 15) is 4.79 Å². The van der Waals surface area contributed by atoms with Gasteiger partial charge in [-0.3, -0.25) is 4.79 Å². The Balaban J connectivity index is 2.13. The highest BCUT2D eigenvalue weighted by Crippen LogP contribution is 2.53. The molecule has 1 N–H and O–H groups in total. The van der Waals surface area contributed by atoms with Crippen LogP contribution >= 0.6 is 15.9 Å².